The Morgan fingerprint density at radius 2 is 1.93 bits per heavy atom. The Morgan fingerprint density at radius 3 is 2.29 bits per heavy atom. The van der Waals surface area contributed by atoms with Crippen LogP contribution in [0.25, 0.3) is 0 Å². The predicted molar refractivity (Wildman–Crippen MR) is 54.6 cm³/mol. The molecule has 82 valence electrons. The first kappa shape index (κ1) is 12.9. The van der Waals surface area contributed by atoms with Gasteiger partial charge in [0.25, 0.3) is 0 Å². The van der Waals surface area contributed by atoms with Gasteiger partial charge in [-0.15, -0.1) is 0 Å². The maximum Gasteiger partial charge on any atom is 0.244 e. The van der Waals surface area contributed by atoms with Crippen LogP contribution in [0, 0.1) is 0 Å². The van der Waals surface area contributed by atoms with Gasteiger partial charge < -0.3 is 16.0 Å². The molecule has 1 unspecified atom stereocenters. The smallest absolute Gasteiger partial charge is 0.244 e. The predicted octanol–water partition coefficient (Wildman–Crippen LogP) is -0.683. The van der Waals surface area contributed by atoms with Crippen LogP contribution in [-0.4, -0.2) is 42.4 Å². The number of rotatable bonds is 4. The number of amides is 2. The Kier molecular flexibility index (Phi) is 5.15. The van der Waals surface area contributed by atoms with E-state index in [0.29, 0.717) is 6.54 Å². The van der Waals surface area contributed by atoms with E-state index in [1.807, 2.05) is 6.92 Å². The number of hydrogen-bond acceptors (Lipinski definition) is 3. The van der Waals surface area contributed by atoms with Gasteiger partial charge in [0.2, 0.25) is 11.8 Å². The van der Waals surface area contributed by atoms with Gasteiger partial charge in [0.15, 0.2) is 0 Å². The van der Waals surface area contributed by atoms with Gasteiger partial charge in [-0.25, -0.2) is 0 Å². The van der Waals surface area contributed by atoms with Crippen molar-refractivity contribution in [1.82, 2.24) is 10.2 Å². The Hall–Kier alpha value is -1.10. The van der Waals surface area contributed by atoms with E-state index >= 15 is 0 Å². The number of carbonyl (C=O) groups is 2. The minimum absolute atomic E-state index is 0.110. The fourth-order valence-electron chi connectivity index (χ4n) is 0.893. The summed E-state index contributed by atoms with van der Waals surface area (Å²) in [5.41, 5.74) is 5.36. The molecular weight excluding hydrogens is 182 g/mol. The van der Waals surface area contributed by atoms with Crippen LogP contribution in [0.5, 0.6) is 0 Å². The summed E-state index contributed by atoms with van der Waals surface area (Å²) in [7, 11) is 1.69. The maximum absolute atomic E-state index is 11.5. The summed E-state index contributed by atoms with van der Waals surface area (Å²) in [6, 6.07) is -1.10. The molecule has 14 heavy (non-hydrogen) atoms. The van der Waals surface area contributed by atoms with Gasteiger partial charge in [-0.05, 0) is 20.8 Å². The van der Waals surface area contributed by atoms with E-state index in [-0.39, 0.29) is 11.8 Å². The summed E-state index contributed by atoms with van der Waals surface area (Å²) in [4.78, 5) is 24.2. The van der Waals surface area contributed by atoms with E-state index in [1.54, 1.807) is 25.8 Å². The lowest BCUT2D eigenvalue weighted by Crippen LogP contribution is -2.49. The number of carbonyl (C=O) groups excluding carboxylic acids is 2. The molecule has 0 heterocycles. The summed E-state index contributed by atoms with van der Waals surface area (Å²) in [5.74, 6) is -0.420. The van der Waals surface area contributed by atoms with Crippen LogP contribution in [0.2, 0.25) is 0 Å². The van der Waals surface area contributed by atoms with E-state index in [2.05, 4.69) is 5.32 Å². The molecule has 0 saturated heterocycles. The summed E-state index contributed by atoms with van der Waals surface area (Å²) in [6.45, 7) is 5.72. The zero-order valence-corrected chi connectivity index (χ0v) is 9.20. The van der Waals surface area contributed by atoms with E-state index in [0.717, 1.165) is 0 Å². The molecule has 3 N–H and O–H groups in total. The first-order valence-corrected chi connectivity index (χ1v) is 4.71. The Morgan fingerprint density at radius 1 is 1.43 bits per heavy atom. The van der Waals surface area contributed by atoms with Gasteiger partial charge >= 0.3 is 0 Å². The summed E-state index contributed by atoms with van der Waals surface area (Å²) < 4.78 is 0. The topological polar surface area (TPSA) is 75.4 Å². The van der Waals surface area contributed by atoms with Crippen LogP contribution < -0.4 is 11.1 Å². The van der Waals surface area contributed by atoms with Crippen LogP contribution in [0.1, 0.15) is 20.8 Å². The highest BCUT2D eigenvalue weighted by Crippen LogP contribution is 1.92. The molecular formula is C9H19N3O2. The summed E-state index contributed by atoms with van der Waals surface area (Å²) in [6.07, 6.45) is 0. The van der Waals surface area contributed by atoms with E-state index in [4.69, 9.17) is 5.73 Å². The highest BCUT2D eigenvalue weighted by molar-refractivity contribution is 5.89. The molecule has 0 aliphatic carbocycles. The molecule has 5 nitrogen and oxygen atoms in total. The zero-order valence-electron chi connectivity index (χ0n) is 9.20. The molecule has 2 amide bonds. The molecule has 0 aliphatic rings. The van der Waals surface area contributed by atoms with Crippen LogP contribution >= 0.6 is 0 Å². The molecule has 0 fully saturated rings. The lowest BCUT2D eigenvalue weighted by atomic mass is 10.2. The van der Waals surface area contributed by atoms with Crippen molar-refractivity contribution in [1.29, 1.82) is 0 Å². The second-order valence-corrected chi connectivity index (χ2v) is 3.37. The number of hydrogen-bond donors (Lipinski definition) is 2. The van der Waals surface area contributed by atoms with Crippen molar-refractivity contribution >= 4 is 11.8 Å². The molecule has 0 spiro atoms. The fraction of sp³-hybridized carbons (Fsp3) is 0.778. The Bertz CT molecular complexity index is 216. The molecule has 0 radical (unpaired) electrons. The molecule has 0 aromatic carbocycles. The normalized spacial score (nSPS) is 14.4. The molecule has 5 heteroatoms. The van der Waals surface area contributed by atoms with Crippen molar-refractivity contribution in [3.8, 4) is 0 Å². The monoisotopic (exact) mass is 201 g/mol. The molecule has 0 rings (SSSR count). The van der Waals surface area contributed by atoms with Crippen LogP contribution in [0.4, 0.5) is 0 Å². The molecule has 0 bridgehead atoms. The minimum Gasteiger partial charge on any atom is -0.344 e. The first-order chi connectivity index (χ1) is 6.40. The number of nitrogens with two attached hydrogens (primary N) is 1. The zero-order chi connectivity index (χ0) is 11.3. The van der Waals surface area contributed by atoms with Gasteiger partial charge in [-0.2, -0.15) is 0 Å². The van der Waals surface area contributed by atoms with Crippen molar-refractivity contribution in [3.05, 3.63) is 0 Å². The third-order valence-electron chi connectivity index (χ3n) is 1.99. The summed E-state index contributed by atoms with van der Waals surface area (Å²) >= 11 is 0. The molecule has 0 aliphatic heterocycles. The van der Waals surface area contributed by atoms with Crippen LogP contribution in [0.15, 0.2) is 0 Å². The van der Waals surface area contributed by atoms with Crippen molar-refractivity contribution in [3.63, 3.8) is 0 Å². The molecule has 0 saturated carbocycles. The maximum atomic E-state index is 11.5. The largest absolute Gasteiger partial charge is 0.344 e. The SMILES string of the molecule is CCN(C)C(=O)C(C)NC(=O)[C@@H](C)N. The Balaban J connectivity index is 4.14. The van der Waals surface area contributed by atoms with Gasteiger partial charge in [0.1, 0.15) is 6.04 Å². The average Bonchev–Trinajstić information content (AvgIpc) is 2.14. The fourth-order valence-corrected chi connectivity index (χ4v) is 0.893. The lowest BCUT2D eigenvalue weighted by Gasteiger charge is -2.21. The van der Waals surface area contributed by atoms with E-state index in [9.17, 15) is 9.59 Å². The van der Waals surface area contributed by atoms with Crippen molar-refractivity contribution in [2.24, 2.45) is 5.73 Å². The van der Waals surface area contributed by atoms with Gasteiger partial charge in [-0.3, -0.25) is 9.59 Å². The second-order valence-electron chi connectivity index (χ2n) is 3.37. The highest BCUT2D eigenvalue weighted by atomic mass is 16.2. The van der Waals surface area contributed by atoms with Gasteiger partial charge in [0.05, 0.1) is 6.04 Å². The quantitative estimate of drug-likeness (QED) is 0.632. The molecule has 0 aromatic rings. The summed E-state index contributed by atoms with van der Waals surface area (Å²) in [5, 5.41) is 2.54. The number of likely N-dealkylation sites (N-methyl/N-ethyl adjacent to an activating group) is 1. The number of nitrogens with one attached hydrogen (secondary N) is 1. The second kappa shape index (κ2) is 5.59. The molecule has 2 atom stereocenters. The van der Waals surface area contributed by atoms with Crippen LogP contribution in [-0.2, 0) is 9.59 Å². The lowest BCUT2D eigenvalue weighted by molar-refractivity contribution is -0.134. The van der Waals surface area contributed by atoms with Gasteiger partial charge in [-0.1, -0.05) is 0 Å². The average molecular weight is 201 g/mol. The number of nitrogens with zero attached hydrogens (tertiary/aromatic N) is 1. The first-order valence-electron chi connectivity index (χ1n) is 4.71. The standard InChI is InChI=1S/C9H19N3O2/c1-5-12(4)9(14)7(3)11-8(13)6(2)10/h6-7H,5,10H2,1-4H3,(H,11,13)/t6-,7?/m1/s1. The Labute approximate surface area is 84.6 Å². The van der Waals surface area contributed by atoms with E-state index < -0.39 is 12.1 Å². The third-order valence-corrected chi connectivity index (χ3v) is 1.99. The van der Waals surface area contributed by atoms with E-state index in [1.165, 1.54) is 0 Å². The highest BCUT2D eigenvalue weighted by Gasteiger charge is 2.19. The van der Waals surface area contributed by atoms with Gasteiger partial charge in [0, 0.05) is 13.6 Å². The minimum atomic E-state index is -0.586. The van der Waals surface area contributed by atoms with Crippen LogP contribution in [0.3, 0.4) is 0 Å². The van der Waals surface area contributed by atoms with Crippen molar-refractivity contribution in [2.45, 2.75) is 32.9 Å². The van der Waals surface area contributed by atoms with Crippen molar-refractivity contribution in [2.75, 3.05) is 13.6 Å². The molecule has 0 aromatic heterocycles. The van der Waals surface area contributed by atoms with Crippen molar-refractivity contribution < 1.29 is 9.59 Å². The third kappa shape index (κ3) is 3.74.